The van der Waals surface area contributed by atoms with Crippen molar-refractivity contribution in [3.8, 4) is 0 Å². The van der Waals surface area contributed by atoms with Gasteiger partial charge in [-0.25, -0.2) is 0 Å². The molecule has 0 saturated carbocycles. The maximum absolute atomic E-state index is 12.0. The van der Waals surface area contributed by atoms with Crippen LogP contribution in [0.2, 0.25) is 0 Å². The third-order valence-electron chi connectivity index (χ3n) is 3.20. The Labute approximate surface area is 89.8 Å². The summed E-state index contributed by atoms with van der Waals surface area (Å²) >= 11 is 0. The first-order chi connectivity index (χ1) is 6.86. The van der Waals surface area contributed by atoms with E-state index in [0.29, 0.717) is 5.57 Å². The molecule has 0 unspecified atom stereocenters. The number of ketones is 1. The first-order valence-electron chi connectivity index (χ1n) is 4.92. The SMILES string of the molecule is C=C[C@@]1(OC(C)=O)C(=O)C(C)=C(C)[C@@H]1C. The normalized spacial score (nSPS) is 30.7. The molecule has 0 bridgehead atoms. The van der Waals surface area contributed by atoms with E-state index >= 15 is 0 Å². The average Bonchev–Trinajstić information content (AvgIpc) is 2.33. The molecular formula is C12H16O3. The smallest absolute Gasteiger partial charge is 0.303 e. The van der Waals surface area contributed by atoms with Gasteiger partial charge in [-0.05, 0) is 25.5 Å². The minimum absolute atomic E-state index is 0.133. The van der Waals surface area contributed by atoms with Gasteiger partial charge in [0.15, 0.2) is 5.60 Å². The fraction of sp³-hybridized carbons (Fsp3) is 0.500. The minimum Gasteiger partial charge on any atom is -0.446 e. The molecule has 3 heteroatoms. The second kappa shape index (κ2) is 3.65. The van der Waals surface area contributed by atoms with E-state index in [9.17, 15) is 9.59 Å². The van der Waals surface area contributed by atoms with Gasteiger partial charge in [0.05, 0.1) is 0 Å². The highest BCUT2D eigenvalue weighted by molar-refractivity contribution is 6.07. The fourth-order valence-electron chi connectivity index (χ4n) is 2.00. The van der Waals surface area contributed by atoms with Gasteiger partial charge in [-0.15, -0.1) is 0 Å². The Bertz CT molecular complexity index is 365. The van der Waals surface area contributed by atoms with Crippen molar-refractivity contribution in [1.82, 2.24) is 0 Å². The van der Waals surface area contributed by atoms with Crippen molar-refractivity contribution in [2.24, 2.45) is 5.92 Å². The molecule has 0 aromatic heterocycles. The molecule has 0 heterocycles. The van der Waals surface area contributed by atoms with Crippen molar-refractivity contribution in [2.75, 3.05) is 0 Å². The van der Waals surface area contributed by atoms with Crippen molar-refractivity contribution >= 4 is 11.8 Å². The first-order valence-corrected chi connectivity index (χ1v) is 4.92. The second-order valence-corrected chi connectivity index (χ2v) is 3.95. The maximum atomic E-state index is 12.0. The Morgan fingerprint density at radius 1 is 1.53 bits per heavy atom. The average molecular weight is 208 g/mol. The van der Waals surface area contributed by atoms with Gasteiger partial charge < -0.3 is 4.74 Å². The topological polar surface area (TPSA) is 43.4 Å². The van der Waals surface area contributed by atoms with E-state index < -0.39 is 11.6 Å². The van der Waals surface area contributed by atoms with Crippen LogP contribution < -0.4 is 0 Å². The summed E-state index contributed by atoms with van der Waals surface area (Å²) in [7, 11) is 0. The van der Waals surface area contributed by atoms with E-state index in [1.165, 1.54) is 13.0 Å². The molecule has 15 heavy (non-hydrogen) atoms. The minimum atomic E-state index is -1.18. The third kappa shape index (κ3) is 1.52. The molecule has 0 amide bonds. The summed E-state index contributed by atoms with van der Waals surface area (Å²) < 4.78 is 5.17. The molecule has 1 aliphatic carbocycles. The number of carbonyl (C=O) groups is 2. The summed E-state index contributed by atoms with van der Waals surface area (Å²) in [5.41, 5.74) is 0.449. The van der Waals surface area contributed by atoms with Crippen LogP contribution >= 0.6 is 0 Å². The Morgan fingerprint density at radius 2 is 2.07 bits per heavy atom. The summed E-state index contributed by atoms with van der Waals surface area (Å²) in [6, 6.07) is 0. The summed E-state index contributed by atoms with van der Waals surface area (Å²) in [6.45, 7) is 10.4. The van der Waals surface area contributed by atoms with E-state index in [1.807, 2.05) is 13.8 Å². The van der Waals surface area contributed by atoms with E-state index in [4.69, 9.17) is 4.74 Å². The highest BCUT2D eigenvalue weighted by Gasteiger charge is 2.50. The lowest BCUT2D eigenvalue weighted by molar-refractivity contribution is -0.160. The highest BCUT2D eigenvalue weighted by atomic mass is 16.6. The van der Waals surface area contributed by atoms with Gasteiger partial charge in [-0.3, -0.25) is 9.59 Å². The number of hydrogen-bond donors (Lipinski definition) is 0. The number of ether oxygens (including phenoxy) is 1. The number of esters is 1. The van der Waals surface area contributed by atoms with E-state index in [1.54, 1.807) is 6.92 Å². The molecule has 0 radical (unpaired) electrons. The molecule has 0 saturated heterocycles. The maximum Gasteiger partial charge on any atom is 0.303 e. The molecule has 2 atom stereocenters. The standard InChI is InChI=1S/C12H16O3/c1-6-12(15-10(5)13)9(4)7(2)8(3)11(12)14/h6,9H,1H2,2-5H3/t9-,12-/m0/s1. The Balaban J connectivity index is 3.20. The van der Waals surface area contributed by atoms with Crippen molar-refractivity contribution in [2.45, 2.75) is 33.3 Å². The summed E-state index contributed by atoms with van der Waals surface area (Å²) in [4.78, 5) is 23.0. The van der Waals surface area contributed by atoms with Gasteiger partial charge in [0.1, 0.15) is 0 Å². The van der Waals surface area contributed by atoms with E-state index in [-0.39, 0.29) is 11.7 Å². The molecule has 0 aromatic rings. The molecular weight excluding hydrogens is 192 g/mol. The Morgan fingerprint density at radius 3 is 2.33 bits per heavy atom. The molecule has 0 aromatic carbocycles. The van der Waals surface area contributed by atoms with Crippen LogP contribution in [0.25, 0.3) is 0 Å². The predicted molar refractivity (Wildman–Crippen MR) is 57.2 cm³/mol. The van der Waals surface area contributed by atoms with E-state index in [2.05, 4.69) is 6.58 Å². The van der Waals surface area contributed by atoms with Crippen LogP contribution in [0, 0.1) is 5.92 Å². The molecule has 1 rings (SSSR count). The second-order valence-electron chi connectivity index (χ2n) is 3.95. The zero-order valence-corrected chi connectivity index (χ0v) is 9.59. The highest BCUT2D eigenvalue weighted by Crippen LogP contribution is 2.40. The molecule has 0 aliphatic heterocycles. The number of Topliss-reactive ketones (excluding diaryl/α,β-unsaturated/α-hetero) is 1. The molecule has 0 N–H and O–H groups in total. The zero-order valence-electron chi connectivity index (χ0n) is 9.59. The quantitative estimate of drug-likeness (QED) is 0.515. The van der Waals surface area contributed by atoms with Gasteiger partial charge in [0, 0.05) is 12.8 Å². The van der Waals surface area contributed by atoms with Crippen LogP contribution in [0.5, 0.6) is 0 Å². The van der Waals surface area contributed by atoms with Crippen molar-refractivity contribution in [3.63, 3.8) is 0 Å². The van der Waals surface area contributed by atoms with Gasteiger partial charge in [0.25, 0.3) is 0 Å². The summed E-state index contributed by atoms with van der Waals surface area (Å²) in [6.07, 6.45) is 1.43. The monoisotopic (exact) mass is 208 g/mol. The molecule has 1 aliphatic rings. The van der Waals surface area contributed by atoms with Gasteiger partial charge in [0.2, 0.25) is 5.78 Å². The molecule has 0 spiro atoms. The number of rotatable bonds is 2. The Kier molecular flexibility index (Phi) is 2.84. The van der Waals surface area contributed by atoms with Gasteiger partial charge >= 0.3 is 5.97 Å². The molecule has 3 nitrogen and oxygen atoms in total. The lowest BCUT2D eigenvalue weighted by Gasteiger charge is -2.29. The van der Waals surface area contributed by atoms with Crippen LogP contribution in [-0.2, 0) is 14.3 Å². The molecule has 82 valence electrons. The fourth-order valence-corrected chi connectivity index (χ4v) is 2.00. The summed E-state index contributed by atoms with van der Waals surface area (Å²) in [5.74, 6) is -0.748. The van der Waals surface area contributed by atoms with Gasteiger partial charge in [-0.1, -0.05) is 19.1 Å². The summed E-state index contributed by atoms with van der Waals surface area (Å²) in [5, 5.41) is 0. The number of carbonyl (C=O) groups excluding carboxylic acids is 2. The van der Waals surface area contributed by atoms with E-state index in [0.717, 1.165) is 5.57 Å². The third-order valence-corrected chi connectivity index (χ3v) is 3.20. The van der Waals surface area contributed by atoms with Crippen LogP contribution in [0.1, 0.15) is 27.7 Å². The van der Waals surface area contributed by atoms with Crippen molar-refractivity contribution in [3.05, 3.63) is 23.8 Å². The lowest BCUT2D eigenvalue weighted by atomic mass is 9.87. The van der Waals surface area contributed by atoms with Crippen molar-refractivity contribution in [1.29, 1.82) is 0 Å². The van der Waals surface area contributed by atoms with Crippen molar-refractivity contribution < 1.29 is 14.3 Å². The van der Waals surface area contributed by atoms with Crippen LogP contribution in [0.4, 0.5) is 0 Å². The molecule has 0 fully saturated rings. The van der Waals surface area contributed by atoms with Crippen LogP contribution in [0.15, 0.2) is 23.8 Å². The first kappa shape index (κ1) is 11.7. The predicted octanol–water partition coefficient (Wildman–Crippen LogP) is 2.03. The lowest BCUT2D eigenvalue weighted by Crippen LogP contribution is -2.43. The Hall–Kier alpha value is -1.38. The van der Waals surface area contributed by atoms with Crippen LogP contribution in [-0.4, -0.2) is 17.4 Å². The number of hydrogen-bond acceptors (Lipinski definition) is 3. The van der Waals surface area contributed by atoms with Crippen LogP contribution in [0.3, 0.4) is 0 Å². The largest absolute Gasteiger partial charge is 0.446 e. The zero-order chi connectivity index (χ0) is 11.8. The van der Waals surface area contributed by atoms with Gasteiger partial charge in [-0.2, -0.15) is 0 Å².